The van der Waals surface area contributed by atoms with Crippen molar-refractivity contribution in [2.24, 2.45) is 22.2 Å². The highest BCUT2D eigenvalue weighted by Crippen LogP contribution is 2.35. The third kappa shape index (κ3) is 8.30. The first-order valence-electron chi connectivity index (χ1n) is 9.83. The minimum atomic E-state index is -0.936. The first-order valence-corrected chi connectivity index (χ1v) is 11.4. The van der Waals surface area contributed by atoms with E-state index in [1.165, 1.54) is 12.1 Å². The smallest absolute Gasteiger partial charge is 0.252 e. The van der Waals surface area contributed by atoms with Gasteiger partial charge in [-0.3, -0.25) is 14.6 Å². The van der Waals surface area contributed by atoms with E-state index >= 15 is 0 Å². The molecule has 8 N–H and O–H groups in total. The Morgan fingerprint density at radius 2 is 1.91 bits per heavy atom. The van der Waals surface area contributed by atoms with Crippen LogP contribution in [0.15, 0.2) is 39.8 Å². The average molecular weight is 561 g/mol. The van der Waals surface area contributed by atoms with Gasteiger partial charge in [-0.05, 0) is 58.6 Å². The normalized spacial score (nSPS) is 11.5. The average Bonchev–Trinajstić information content (AvgIpc) is 2.74. The Bertz CT molecular complexity index is 1050. The van der Waals surface area contributed by atoms with E-state index in [4.69, 9.17) is 45.1 Å². The fourth-order valence-electron chi connectivity index (χ4n) is 2.85. The molecule has 0 heterocycles. The maximum atomic E-state index is 12.7. The van der Waals surface area contributed by atoms with Crippen LogP contribution in [-0.2, 0) is 11.2 Å². The van der Waals surface area contributed by atoms with Crippen molar-refractivity contribution in [3.63, 3.8) is 0 Å². The molecule has 178 valence electrons. The van der Waals surface area contributed by atoms with Gasteiger partial charge in [0.1, 0.15) is 22.0 Å². The summed E-state index contributed by atoms with van der Waals surface area (Å²) in [6, 6.07) is 6.91. The van der Waals surface area contributed by atoms with Gasteiger partial charge in [0.25, 0.3) is 5.91 Å². The molecule has 0 fully saturated rings. The van der Waals surface area contributed by atoms with Gasteiger partial charge in [0.05, 0.1) is 6.61 Å². The Morgan fingerprint density at radius 1 is 1.18 bits per heavy atom. The standard InChI is InChI=1S/C21H24BrCl2N5O4/c22-18-16(30)8-12(20(32)29-15(19(25)31)2-1-6-28-21(26)27)9-17(18)33-7-5-11-3-4-13(23)10-14(11)24/h3-4,8-10,15,30H,1-2,5-7H2,(H2,25,31)(H,29,32)(H4,26,27,28)/t15-/m0/s1. The number of nitrogens with zero attached hydrogens (tertiary/aromatic N) is 1. The lowest BCUT2D eigenvalue weighted by atomic mass is 10.1. The van der Waals surface area contributed by atoms with Crippen LogP contribution in [0.2, 0.25) is 10.0 Å². The summed E-state index contributed by atoms with van der Waals surface area (Å²) in [5.74, 6) is -1.33. The highest BCUT2D eigenvalue weighted by atomic mass is 79.9. The molecule has 33 heavy (non-hydrogen) atoms. The molecule has 0 unspecified atom stereocenters. The summed E-state index contributed by atoms with van der Waals surface area (Å²) in [7, 11) is 0. The number of carbonyl (C=O) groups is 2. The molecule has 0 saturated heterocycles. The second-order valence-corrected chi connectivity index (χ2v) is 8.66. The van der Waals surface area contributed by atoms with Crippen LogP contribution in [-0.4, -0.2) is 42.1 Å². The number of halogens is 3. The molecule has 9 nitrogen and oxygen atoms in total. The van der Waals surface area contributed by atoms with Gasteiger partial charge in [-0.25, -0.2) is 0 Å². The summed E-state index contributed by atoms with van der Waals surface area (Å²) in [6.07, 6.45) is 1.14. The number of hydrogen-bond acceptors (Lipinski definition) is 5. The van der Waals surface area contributed by atoms with E-state index in [9.17, 15) is 14.7 Å². The number of rotatable bonds is 11. The summed E-state index contributed by atoms with van der Waals surface area (Å²) in [6.45, 7) is 0.510. The van der Waals surface area contributed by atoms with E-state index in [1.54, 1.807) is 18.2 Å². The lowest BCUT2D eigenvalue weighted by Crippen LogP contribution is -2.44. The molecule has 0 radical (unpaired) electrons. The van der Waals surface area contributed by atoms with Crippen LogP contribution in [0, 0.1) is 0 Å². The van der Waals surface area contributed by atoms with Crippen molar-refractivity contribution in [3.8, 4) is 11.5 Å². The molecule has 12 heteroatoms. The van der Waals surface area contributed by atoms with Gasteiger partial charge < -0.3 is 32.4 Å². The molecular formula is C21H24BrCl2N5O4. The number of guanidine groups is 1. The molecular weight excluding hydrogens is 537 g/mol. The first-order chi connectivity index (χ1) is 15.6. The summed E-state index contributed by atoms with van der Waals surface area (Å²) >= 11 is 15.3. The van der Waals surface area contributed by atoms with E-state index in [2.05, 4.69) is 26.2 Å². The zero-order valence-corrected chi connectivity index (χ0v) is 20.6. The Balaban J connectivity index is 2.06. The maximum absolute atomic E-state index is 12.7. The SMILES string of the molecule is NC(=O)[C@H](CCCN=C(N)N)NC(=O)c1cc(O)c(Br)c(OCCc2ccc(Cl)cc2Cl)c1. The van der Waals surface area contributed by atoms with Gasteiger partial charge in [-0.15, -0.1) is 0 Å². The van der Waals surface area contributed by atoms with Crippen molar-refractivity contribution in [1.82, 2.24) is 5.32 Å². The molecule has 0 aromatic heterocycles. The van der Waals surface area contributed by atoms with E-state index in [0.717, 1.165) is 5.56 Å². The second-order valence-electron chi connectivity index (χ2n) is 7.02. The fraction of sp³-hybridized carbons (Fsp3) is 0.286. The van der Waals surface area contributed by atoms with Gasteiger partial charge in [0, 0.05) is 28.6 Å². The lowest BCUT2D eigenvalue weighted by molar-refractivity contribution is -0.120. The van der Waals surface area contributed by atoms with Crippen molar-refractivity contribution in [1.29, 1.82) is 0 Å². The summed E-state index contributed by atoms with van der Waals surface area (Å²) in [5, 5.41) is 13.8. The quantitative estimate of drug-likeness (QED) is 0.161. The first kappa shape index (κ1) is 26.6. The lowest BCUT2D eigenvalue weighted by Gasteiger charge is -2.16. The summed E-state index contributed by atoms with van der Waals surface area (Å²) < 4.78 is 6.03. The summed E-state index contributed by atoms with van der Waals surface area (Å²) in [5.41, 5.74) is 16.8. The zero-order chi connectivity index (χ0) is 24.5. The van der Waals surface area contributed by atoms with Crippen LogP contribution in [0.5, 0.6) is 11.5 Å². The zero-order valence-electron chi connectivity index (χ0n) is 17.5. The van der Waals surface area contributed by atoms with Crippen molar-refractivity contribution < 1.29 is 19.4 Å². The molecule has 2 aromatic carbocycles. The van der Waals surface area contributed by atoms with E-state index in [-0.39, 0.29) is 47.1 Å². The summed E-state index contributed by atoms with van der Waals surface area (Å²) in [4.78, 5) is 28.2. The third-order valence-corrected chi connectivity index (χ3v) is 5.90. The van der Waals surface area contributed by atoms with Crippen molar-refractivity contribution in [2.75, 3.05) is 13.2 Å². The molecule has 1 atom stereocenters. The highest BCUT2D eigenvalue weighted by molar-refractivity contribution is 9.10. The molecule has 2 rings (SSSR count). The van der Waals surface area contributed by atoms with Crippen LogP contribution < -0.4 is 27.3 Å². The Hall–Kier alpha value is -2.69. The molecule has 2 aromatic rings. The largest absolute Gasteiger partial charge is 0.507 e. The Labute approximate surface area is 209 Å². The monoisotopic (exact) mass is 559 g/mol. The van der Waals surface area contributed by atoms with Gasteiger partial charge in [0.2, 0.25) is 5.91 Å². The Kier molecular flexibility index (Phi) is 10.1. The van der Waals surface area contributed by atoms with Crippen LogP contribution in [0.4, 0.5) is 0 Å². The number of ether oxygens (including phenoxy) is 1. The maximum Gasteiger partial charge on any atom is 0.252 e. The number of carbonyl (C=O) groups excluding carboxylic acids is 2. The van der Waals surface area contributed by atoms with Crippen LogP contribution in [0.3, 0.4) is 0 Å². The van der Waals surface area contributed by atoms with Gasteiger partial charge in [-0.1, -0.05) is 29.3 Å². The fourth-order valence-corrected chi connectivity index (χ4v) is 3.69. The second kappa shape index (κ2) is 12.5. The number of amides is 2. The number of hydrogen-bond donors (Lipinski definition) is 5. The molecule has 2 amide bonds. The minimum absolute atomic E-state index is 0.0640. The van der Waals surface area contributed by atoms with Crippen LogP contribution in [0.25, 0.3) is 0 Å². The predicted molar refractivity (Wildman–Crippen MR) is 132 cm³/mol. The van der Waals surface area contributed by atoms with Gasteiger partial charge in [-0.2, -0.15) is 0 Å². The van der Waals surface area contributed by atoms with E-state index < -0.39 is 17.9 Å². The third-order valence-electron chi connectivity index (χ3n) is 4.52. The molecule has 0 spiro atoms. The molecule has 0 saturated carbocycles. The highest BCUT2D eigenvalue weighted by Gasteiger charge is 2.21. The minimum Gasteiger partial charge on any atom is -0.507 e. The molecule has 0 aliphatic rings. The van der Waals surface area contributed by atoms with Gasteiger partial charge >= 0.3 is 0 Å². The topological polar surface area (TPSA) is 166 Å². The molecule has 0 aliphatic carbocycles. The molecule has 0 bridgehead atoms. The van der Waals surface area contributed by atoms with Crippen LogP contribution in [0.1, 0.15) is 28.8 Å². The number of nitrogens with two attached hydrogens (primary N) is 3. The van der Waals surface area contributed by atoms with E-state index in [0.29, 0.717) is 22.9 Å². The van der Waals surface area contributed by atoms with Crippen molar-refractivity contribution in [2.45, 2.75) is 25.3 Å². The van der Waals surface area contributed by atoms with Crippen LogP contribution >= 0.6 is 39.1 Å². The molecule has 0 aliphatic heterocycles. The number of phenols is 1. The van der Waals surface area contributed by atoms with Crippen molar-refractivity contribution >= 4 is 56.9 Å². The number of primary amides is 1. The predicted octanol–water partition coefficient (Wildman–Crippen LogP) is 2.72. The number of aliphatic imine (C=N–C) groups is 1. The van der Waals surface area contributed by atoms with Gasteiger partial charge in [0.15, 0.2) is 5.96 Å². The van der Waals surface area contributed by atoms with Crippen molar-refractivity contribution in [3.05, 3.63) is 56.0 Å². The number of benzene rings is 2. The number of nitrogens with one attached hydrogen (secondary N) is 1. The number of aromatic hydroxyl groups is 1. The van der Waals surface area contributed by atoms with E-state index in [1.807, 2.05) is 0 Å². The Morgan fingerprint density at radius 3 is 2.55 bits per heavy atom. The number of phenolic OH excluding ortho intramolecular Hbond substituents is 1.